The quantitative estimate of drug-likeness (QED) is 0.824. The minimum atomic E-state index is 0.123. The molecule has 1 atom stereocenters. The summed E-state index contributed by atoms with van der Waals surface area (Å²) >= 11 is 0. The maximum Gasteiger partial charge on any atom is 0.0678 e. The van der Waals surface area contributed by atoms with Crippen LogP contribution in [0.2, 0.25) is 0 Å². The molecule has 0 aliphatic heterocycles. The molecule has 1 aromatic rings. The third-order valence-electron chi connectivity index (χ3n) is 3.01. The highest BCUT2D eigenvalue weighted by molar-refractivity contribution is 5.16. The highest BCUT2D eigenvalue weighted by Gasteiger charge is 2.17. The second-order valence-corrected chi connectivity index (χ2v) is 5.94. The molecular weight excluding hydrogens is 198 g/mol. The van der Waals surface area contributed by atoms with Gasteiger partial charge in [0.25, 0.3) is 0 Å². The number of nitrogens with one attached hydrogen (secondary N) is 2. The topological polar surface area (TPSA) is 40.7 Å². The average molecular weight is 223 g/mol. The van der Waals surface area contributed by atoms with Gasteiger partial charge in [0, 0.05) is 23.7 Å². The molecule has 0 saturated carbocycles. The fraction of sp³-hybridized carbons (Fsp3) is 0.769. The van der Waals surface area contributed by atoms with E-state index < -0.39 is 0 Å². The number of aromatic nitrogens is 2. The van der Waals surface area contributed by atoms with E-state index in [0.717, 1.165) is 17.9 Å². The normalized spacial score (nSPS) is 14.4. The van der Waals surface area contributed by atoms with E-state index in [1.54, 1.807) is 0 Å². The zero-order chi connectivity index (χ0) is 12.3. The monoisotopic (exact) mass is 223 g/mol. The second kappa shape index (κ2) is 5.00. The first kappa shape index (κ1) is 13.2. The zero-order valence-corrected chi connectivity index (χ0v) is 11.4. The zero-order valence-electron chi connectivity index (χ0n) is 11.4. The summed E-state index contributed by atoms with van der Waals surface area (Å²) in [5.74, 6) is 0.657. The molecule has 0 fully saturated rings. The predicted molar refractivity (Wildman–Crippen MR) is 68.4 cm³/mol. The molecule has 3 nitrogen and oxygen atoms in total. The van der Waals surface area contributed by atoms with Crippen LogP contribution in [0.3, 0.4) is 0 Å². The summed E-state index contributed by atoms with van der Waals surface area (Å²) in [6, 6.07) is 2.68. The molecule has 0 bridgehead atoms. The lowest BCUT2D eigenvalue weighted by Crippen LogP contribution is -2.30. The van der Waals surface area contributed by atoms with Gasteiger partial charge in [-0.25, -0.2) is 0 Å². The smallest absolute Gasteiger partial charge is 0.0678 e. The van der Waals surface area contributed by atoms with Gasteiger partial charge in [0.2, 0.25) is 0 Å². The summed E-state index contributed by atoms with van der Waals surface area (Å²) in [6.45, 7) is 14.1. The van der Waals surface area contributed by atoms with Crippen molar-refractivity contribution in [3.05, 3.63) is 17.5 Å². The van der Waals surface area contributed by atoms with Crippen molar-refractivity contribution >= 4 is 0 Å². The Morgan fingerprint density at radius 1 is 1.31 bits per heavy atom. The Balaban J connectivity index is 2.53. The number of rotatable bonds is 4. The van der Waals surface area contributed by atoms with Gasteiger partial charge in [-0.3, -0.25) is 5.10 Å². The maximum atomic E-state index is 4.35. The highest BCUT2D eigenvalue weighted by atomic mass is 15.1. The molecule has 0 aliphatic rings. The number of aromatic amines is 1. The van der Waals surface area contributed by atoms with Gasteiger partial charge in [0.15, 0.2) is 0 Å². The lowest BCUT2D eigenvalue weighted by molar-refractivity contribution is 0.424. The van der Waals surface area contributed by atoms with Crippen molar-refractivity contribution in [3.8, 4) is 0 Å². The van der Waals surface area contributed by atoms with E-state index in [4.69, 9.17) is 0 Å². The molecule has 1 rings (SSSR count). The Bertz CT molecular complexity index is 320. The first-order valence-corrected chi connectivity index (χ1v) is 6.09. The predicted octanol–water partition coefficient (Wildman–Crippen LogP) is 2.84. The Hall–Kier alpha value is -0.830. The fourth-order valence-electron chi connectivity index (χ4n) is 1.34. The van der Waals surface area contributed by atoms with Crippen molar-refractivity contribution < 1.29 is 0 Å². The number of hydrogen-bond acceptors (Lipinski definition) is 2. The SMILES string of the molecule is CC(C)C(C)NCc1cc(C(C)(C)C)n[nH]1. The van der Waals surface area contributed by atoms with E-state index in [9.17, 15) is 0 Å². The molecule has 1 heterocycles. The van der Waals surface area contributed by atoms with Gasteiger partial charge in [-0.05, 0) is 18.9 Å². The number of H-pyrrole nitrogens is 1. The first-order valence-electron chi connectivity index (χ1n) is 6.09. The minimum Gasteiger partial charge on any atom is -0.308 e. The van der Waals surface area contributed by atoms with Crippen LogP contribution in [0.4, 0.5) is 0 Å². The van der Waals surface area contributed by atoms with E-state index in [-0.39, 0.29) is 5.41 Å². The molecule has 1 aromatic heterocycles. The van der Waals surface area contributed by atoms with Crippen molar-refractivity contribution in [2.45, 2.75) is 59.5 Å². The van der Waals surface area contributed by atoms with E-state index in [1.807, 2.05) is 0 Å². The van der Waals surface area contributed by atoms with E-state index in [1.165, 1.54) is 0 Å². The molecule has 0 radical (unpaired) electrons. The number of hydrogen-bond donors (Lipinski definition) is 2. The van der Waals surface area contributed by atoms with Crippen LogP contribution in [0.1, 0.15) is 52.9 Å². The van der Waals surface area contributed by atoms with Crippen LogP contribution >= 0.6 is 0 Å². The Kier molecular flexibility index (Phi) is 4.14. The summed E-state index contributed by atoms with van der Waals surface area (Å²) in [6.07, 6.45) is 0. The van der Waals surface area contributed by atoms with Gasteiger partial charge in [0.05, 0.1) is 5.69 Å². The van der Waals surface area contributed by atoms with Gasteiger partial charge in [-0.1, -0.05) is 34.6 Å². The van der Waals surface area contributed by atoms with Crippen molar-refractivity contribution in [2.24, 2.45) is 5.92 Å². The number of nitrogens with zero attached hydrogens (tertiary/aromatic N) is 1. The molecule has 16 heavy (non-hydrogen) atoms. The van der Waals surface area contributed by atoms with Crippen LogP contribution in [0.25, 0.3) is 0 Å². The Labute approximate surface area is 99.0 Å². The van der Waals surface area contributed by atoms with Crippen LogP contribution in [-0.4, -0.2) is 16.2 Å². The van der Waals surface area contributed by atoms with E-state index in [2.05, 4.69) is 63.1 Å². The van der Waals surface area contributed by atoms with Gasteiger partial charge in [0.1, 0.15) is 0 Å². The highest BCUT2D eigenvalue weighted by Crippen LogP contribution is 2.20. The van der Waals surface area contributed by atoms with Crippen LogP contribution in [0, 0.1) is 5.92 Å². The fourth-order valence-corrected chi connectivity index (χ4v) is 1.34. The largest absolute Gasteiger partial charge is 0.308 e. The summed E-state index contributed by atoms with van der Waals surface area (Å²) in [5.41, 5.74) is 2.41. The first-order chi connectivity index (χ1) is 7.30. The van der Waals surface area contributed by atoms with Gasteiger partial charge >= 0.3 is 0 Å². The third-order valence-corrected chi connectivity index (χ3v) is 3.01. The third kappa shape index (κ3) is 3.63. The molecular formula is C13H25N3. The minimum absolute atomic E-state index is 0.123. The lowest BCUT2D eigenvalue weighted by Gasteiger charge is -2.16. The van der Waals surface area contributed by atoms with Gasteiger partial charge in [-0.15, -0.1) is 0 Å². The van der Waals surface area contributed by atoms with Crippen LogP contribution < -0.4 is 5.32 Å². The van der Waals surface area contributed by atoms with Crippen molar-refractivity contribution in [1.29, 1.82) is 0 Å². The summed E-state index contributed by atoms with van der Waals surface area (Å²) < 4.78 is 0. The van der Waals surface area contributed by atoms with Gasteiger partial charge < -0.3 is 5.32 Å². The van der Waals surface area contributed by atoms with Crippen molar-refractivity contribution in [2.75, 3.05) is 0 Å². The second-order valence-electron chi connectivity index (χ2n) is 5.94. The van der Waals surface area contributed by atoms with E-state index >= 15 is 0 Å². The van der Waals surface area contributed by atoms with E-state index in [0.29, 0.717) is 12.0 Å². The van der Waals surface area contributed by atoms with Gasteiger partial charge in [-0.2, -0.15) is 5.10 Å². The van der Waals surface area contributed by atoms with Crippen LogP contribution in [0.15, 0.2) is 6.07 Å². The molecule has 0 spiro atoms. The summed E-state index contributed by atoms with van der Waals surface area (Å²) in [5, 5.41) is 10.9. The van der Waals surface area contributed by atoms with Crippen LogP contribution in [0.5, 0.6) is 0 Å². The molecule has 2 N–H and O–H groups in total. The maximum absolute atomic E-state index is 4.35. The lowest BCUT2D eigenvalue weighted by atomic mass is 9.92. The summed E-state index contributed by atoms with van der Waals surface area (Å²) in [7, 11) is 0. The molecule has 0 aromatic carbocycles. The standard InChI is InChI=1S/C13H25N3/c1-9(2)10(3)14-8-11-7-12(16-15-11)13(4,5)6/h7,9-10,14H,8H2,1-6H3,(H,15,16). The summed E-state index contributed by atoms with van der Waals surface area (Å²) in [4.78, 5) is 0. The molecule has 0 aliphatic carbocycles. The van der Waals surface area contributed by atoms with Crippen molar-refractivity contribution in [1.82, 2.24) is 15.5 Å². The molecule has 1 unspecified atom stereocenters. The van der Waals surface area contributed by atoms with Crippen molar-refractivity contribution in [3.63, 3.8) is 0 Å². The average Bonchev–Trinajstić information content (AvgIpc) is 2.61. The molecule has 92 valence electrons. The Morgan fingerprint density at radius 3 is 2.38 bits per heavy atom. The Morgan fingerprint density at radius 2 is 1.94 bits per heavy atom. The van der Waals surface area contributed by atoms with Crippen LogP contribution in [-0.2, 0) is 12.0 Å². The molecule has 0 amide bonds. The molecule has 3 heteroatoms. The molecule has 0 saturated heterocycles.